The zero-order chi connectivity index (χ0) is 23.0. The van der Waals surface area contributed by atoms with Gasteiger partial charge in [-0.25, -0.2) is 8.42 Å². The van der Waals surface area contributed by atoms with Crippen LogP contribution in [0.3, 0.4) is 0 Å². The number of hydrogen-bond donors (Lipinski definition) is 1. The maximum absolute atomic E-state index is 13.5. The highest BCUT2D eigenvalue weighted by Crippen LogP contribution is 2.38. The Hall–Kier alpha value is -3.32. The number of carbonyl (C=O) groups is 1. The molecule has 0 spiro atoms. The summed E-state index contributed by atoms with van der Waals surface area (Å²) in [5.74, 6) is -0.0346. The number of benzene rings is 3. The topological polar surface area (TPSA) is 75.7 Å². The van der Waals surface area contributed by atoms with Crippen molar-refractivity contribution < 1.29 is 17.9 Å². The summed E-state index contributed by atoms with van der Waals surface area (Å²) in [6, 6.07) is 17.8. The van der Waals surface area contributed by atoms with Crippen LogP contribution in [0.2, 0.25) is 0 Å². The van der Waals surface area contributed by atoms with Gasteiger partial charge < -0.3 is 10.1 Å². The monoisotopic (exact) mass is 450 g/mol. The third-order valence-electron chi connectivity index (χ3n) is 5.54. The van der Waals surface area contributed by atoms with Crippen molar-refractivity contribution in [2.45, 2.75) is 38.7 Å². The normalized spacial score (nSPS) is 15.6. The van der Waals surface area contributed by atoms with E-state index >= 15 is 0 Å². The molecule has 6 nitrogen and oxygen atoms in total. The average molecular weight is 451 g/mol. The van der Waals surface area contributed by atoms with Crippen molar-refractivity contribution in [3.05, 3.63) is 82.9 Å². The van der Waals surface area contributed by atoms with Gasteiger partial charge in [-0.05, 0) is 74.7 Å². The lowest BCUT2D eigenvalue weighted by Crippen LogP contribution is -2.48. The molecule has 0 radical (unpaired) electrons. The van der Waals surface area contributed by atoms with Crippen LogP contribution in [0.4, 0.5) is 11.4 Å². The number of nitrogens with zero attached hydrogens (tertiary/aromatic N) is 1. The molecule has 3 aromatic rings. The predicted molar refractivity (Wildman–Crippen MR) is 126 cm³/mol. The fraction of sp³-hybridized carbons (Fsp3) is 0.240. The number of fused-ring (bicyclic) bond motifs is 1. The predicted octanol–water partition coefficient (Wildman–Crippen LogP) is 4.52. The number of rotatable bonds is 4. The summed E-state index contributed by atoms with van der Waals surface area (Å²) in [7, 11) is -3.89. The molecule has 166 valence electrons. The molecule has 1 atom stereocenters. The summed E-state index contributed by atoms with van der Waals surface area (Å²) >= 11 is 0. The Balaban J connectivity index is 1.70. The Morgan fingerprint density at radius 1 is 0.906 bits per heavy atom. The van der Waals surface area contributed by atoms with Crippen molar-refractivity contribution in [3.63, 3.8) is 0 Å². The van der Waals surface area contributed by atoms with Crippen molar-refractivity contribution in [2.75, 3.05) is 16.2 Å². The lowest BCUT2D eigenvalue weighted by molar-refractivity contribution is -0.122. The number of carbonyl (C=O) groups excluding carboxylic acids is 1. The molecule has 0 saturated carbocycles. The standard InChI is InChI=1S/C25H26N2O4S/c1-16-6-10-20(11-7-16)32(29,30)27-15-24(31-23-12-8-18(3)14-22(23)27)25(28)26-21-13-17(2)5-9-19(21)4/h5-14,24H,15H2,1-4H3,(H,26,28)/t24-/m1/s1. The van der Waals surface area contributed by atoms with Crippen molar-refractivity contribution in [2.24, 2.45) is 0 Å². The van der Waals surface area contributed by atoms with Crippen molar-refractivity contribution >= 4 is 27.3 Å². The van der Waals surface area contributed by atoms with Gasteiger partial charge in [-0.3, -0.25) is 9.10 Å². The first-order valence-electron chi connectivity index (χ1n) is 10.4. The van der Waals surface area contributed by atoms with Gasteiger partial charge in [0.15, 0.2) is 6.10 Å². The van der Waals surface area contributed by atoms with Gasteiger partial charge >= 0.3 is 0 Å². The van der Waals surface area contributed by atoms with Gasteiger partial charge in [-0.15, -0.1) is 0 Å². The summed E-state index contributed by atoms with van der Waals surface area (Å²) in [6.07, 6.45) is -0.995. The van der Waals surface area contributed by atoms with Gasteiger partial charge in [0, 0.05) is 5.69 Å². The Morgan fingerprint density at radius 2 is 1.53 bits per heavy atom. The van der Waals surface area contributed by atoms with Gasteiger partial charge in [-0.2, -0.15) is 0 Å². The van der Waals surface area contributed by atoms with Crippen LogP contribution in [-0.4, -0.2) is 27.0 Å². The van der Waals surface area contributed by atoms with E-state index < -0.39 is 22.0 Å². The zero-order valence-electron chi connectivity index (χ0n) is 18.5. The molecule has 1 aliphatic heterocycles. The van der Waals surface area contributed by atoms with E-state index in [2.05, 4.69) is 5.32 Å². The molecule has 0 saturated heterocycles. The molecule has 0 unspecified atom stereocenters. The van der Waals surface area contributed by atoms with E-state index in [0.29, 0.717) is 17.1 Å². The molecule has 0 fully saturated rings. The minimum absolute atomic E-state index is 0.122. The molecule has 0 aliphatic carbocycles. The fourth-order valence-corrected chi connectivity index (χ4v) is 5.11. The summed E-state index contributed by atoms with van der Waals surface area (Å²) in [5.41, 5.74) is 4.91. The van der Waals surface area contributed by atoms with Crippen molar-refractivity contribution in [1.29, 1.82) is 0 Å². The number of ether oxygens (including phenoxy) is 1. The second-order valence-corrected chi connectivity index (χ2v) is 10.1. The van der Waals surface area contributed by atoms with E-state index in [4.69, 9.17) is 4.74 Å². The van der Waals surface area contributed by atoms with E-state index in [-0.39, 0.29) is 11.4 Å². The molecular weight excluding hydrogens is 424 g/mol. The van der Waals surface area contributed by atoms with E-state index in [1.807, 2.05) is 52.0 Å². The molecule has 1 amide bonds. The fourth-order valence-electron chi connectivity index (χ4n) is 3.65. The van der Waals surface area contributed by atoms with Crippen LogP contribution in [0.15, 0.2) is 65.6 Å². The minimum atomic E-state index is -3.89. The highest BCUT2D eigenvalue weighted by Gasteiger charge is 2.37. The number of amides is 1. The number of nitrogens with one attached hydrogen (secondary N) is 1. The molecule has 4 rings (SSSR count). The highest BCUT2D eigenvalue weighted by molar-refractivity contribution is 7.92. The number of hydrogen-bond acceptors (Lipinski definition) is 4. The molecule has 1 aliphatic rings. The van der Waals surface area contributed by atoms with Crippen molar-refractivity contribution in [3.8, 4) is 5.75 Å². The summed E-state index contributed by atoms with van der Waals surface area (Å²) < 4.78 is 34.3. The van der Waals surface area contributed by atoms with Gasteiger partial charge in [0.1, 0.15) is 5.75 Å². The van der Waals surface area contributed by atoms with E-state index in [9.17, 15) is 13.2 Å². The molecule has 1 heterocycles. The molecule has 0 aromatic heterocycles. The maximum Gasteiger partial charge on any atom is 0.267 e. The van der Waals surface area contributed by atoms with Crippen LogP contribution in [-0.2, 0) is 14.8 Å². The quantitative estimate of drug-likeness (QED) is 0.634. The Bertz CT molecular complexity index is 1280. The highest BCUT2D eigenvalue weighted by atomic mass is 32.2. The summed E-state index contributed by atoms with van der Waals surface area (Å²) in [5, 5.41) is 2.90. The molecule has 32 heavy (non-hydrogen) atoms. The second kappa shape index (κ2) is 8.31. The van der Waals surface area contributed by atoms with Crippen LogP contribution in [0.1, 0.15) is 22.3 Å². The average Bonchev–Trinajstić information content (AvgIpc) is 2.75. The molecule has 0 bridgehead atoms. The molecular formula is C25H26N2O4S. The summed E-state index contributed by atoms with van der Waals surface area (Å²) in [6.45, 7) is 7.51. The minimum Gasteiger partial charge on any atom is -0.476 e. The number of anilines is 2. The largest absolute Gasteiger partial charge is 0.476 e. The van der Waals surface area contributed by atoms with Gasteiger partial charge in [0.2, 0.25) is 0 Å². The van der Waals surface area contributed by atoms with Crippen LogP contribution in [0.5, 0.6) is 5.75 Å². The van der Waals surface area contributed by atoms with Crippen LogP contribution in [0, 0.1) is 27.7 Å². The number of aryl methyl sites for hydroxylation is 4. The Kier molecular flexibility index (Phi) is 5.69. The van der Waals surface area contributed by atoms with Gasteiger partial charge in [-0.1, -0.05) is 35.9 Å². The third kappa shape index (κ3) is 4.21. The second-order valence-electron chi connectivity index (χ2n) is 8.23. The molecule has 3 aromatic carbocycles. The lowest BCUT2D eigenvalue weighted by atomic mass is 10.1. The third-order valence-corrected chi connectivity index (χ3v) is 7.33. The molecule has 1 N–H and O–H groups in total. The first kappa shape index (κ1) is 21.9. The first-order valence-corrected chi connectivity index (χ1v) is 11.8. The first-order chi connectivity index (χ1) is 15.1. The van der Waals surface area contributed by atoms with Gasteiger partial charge in [0.25, 0.3) is 15.9 Å². The Morgan fingerprint density at radius 3 is 2.25 bits per heavy atom. The van der Waals surface area contributed by atoms with Gasteiger partial charge in [0.05, 0.1) is 17.1 Å². The summed E-state index contributed by atoms with van der Waals surface area (Å²) in [4.78, 5) is 13.3. The van der Waals surface area contributed by atoms with Crippen molar-refractivity contribution in [1.82, 2.24) is 0 Å². The number of sulfonamides is 1. The van der Waals surface area contributed by atoms with E-state index in [1.54, 1.807) is 36.4 Å². The SMILES string of the molecule is Cc1ccc(S(=O)(=O)N2C[C@H](C(=O)Nc3cc(C)ccc3C)Oc3ccc(C)cc32)cc1. The van der Waals surface area contributed by atoms with Crippen LogP contribution < -0.4 is 14.4 Å². The zero-order valence-corrected chi connectivity index (χ0v) is 19.4. The lowest BCUT2D eigenvalue weighted by Gasteiger charge is -2.35. The maximum atomic E-state index is 13.5. The Labute approximate surface area is 188 Å². The molecule has 7 heteroatoms. The van der Waals surface area contributed by atoms with E-state index in [1.165, 1.54) is 4.31 Å². The smallest absolute Gasteiger partial charge is 0.267 e. The van der Waals surface area contributed by atoms with E-state index in [0.717, 1.165) is 22.3 Å². The van der Waals surface area contributed by atoms with Crippen LogP contribution >= 0.6 is 0 Å². The van der Waals surface area contributed by atoms with Crippen LogP contribution in [0.25, 0.3) is 0 Å².